The van der Waals surface area contributed by atoms with Gasteiger partial charge in [-0.3, -0.25) is 4.79 Å². The first-order valence-corrected chi connectivity index (χ1v) is 11.4. The van der Waals surface area contributed by atoms with E-state index in [-0.39, 0.29) is 17.2 Å². The number of anilines is 1. The molecule has 5 rings (SSSR count). The Balaban J connectivity index is 1.67. The lowest BCUT2D eigenvalue weighted by atomic mass is 9.73. The van der Waals surface area contributed by atoms with Crippen molar-refractivity contribution in [3.8, 4) is 22.9 Å². The van der Waals surface area contributed by atoms with E-state index in [1.807, 2.05) is 22.9 Å². The van der Waals surface area contributed by atoms with Gasteiger partial charge in [-0.2, -0.15) is 4.98 Å². The highest BCUT2D eigenvalue weighted by molar-refractivity contribution is 7.10. The first kappa shape index (κ1) is 20.8. The summed E-state index contributed by atoms with van der Waals surface area (Å²) in [7, 11) is 3.24. The second-order valence-electron chi connectivity index (χ2n) is 9.13. The van der Waals surface area contributed by atoms with Gasteiger partial charge < -0.3 is 14.8 Å². The number of Topliss-reactive ketones (excluding diaryl/α,β-unsaturated/α-hetero) is 1. The van der Waals surface area contributed by atoms with Gasteiger partial charge in [0.15, 0.2) is 11.6 Å². The summed E-state index contributed by atoms with van der Waals surface area (Å²) in [6.45, 7) is 6.35. The van der Waals surface area contributed by atoms with Crippen LogP contribution in [0.15, 0.2) is 40.9 Å². The summed E-state index contributed by atoms with van der Waals surface area (Å²) in [6.07, 6.45) is 1.32. The zero-order valence-corrected chi connectivity index (χ0v) is 19.7. The molecule has 2 aliphatic rings. The third kappa shape index (κ3) is 3.39. The third-order valence-electron chi connectivity index (χ3n) is 6.09. The van der Waals surface area contributed by atoms with Crippen LogP contribution in [0, 0.1) is 12.3 Å². The van der Waals surface area contributed by atoms with Crippen molar-refractivity contribution in [2.75, 3.05) is 19.5 Å². The lowest BCUT2D eigenvalue weighted by Crippen LogP contribution is -2.36. The molecule has 7 nitrogen and oxygen atoms in total. The number of rotatable bonds is 4. The second-order valence-corrected chi connectivity index (χ2v) is 10.1. The van der Waals surface area contributed by atoms with Crippen LogP contribution in [0.2, 0.25) is 0 Å². The van der Waals surface area contributed by atoms with Crippen LogP contribution in [-0.4, -0.2) is 34.8 Å². The number of carbonyl (C=O) groups excluding carboxylic acids is 1. The normalized spacial score (nSPS) is 19.3. The fourth-order valence-corrected chi connectivity index (χ4v) is 5.59. The molecule has 1 aliphatic heterocycles. The molecule has 166 valence electrons. The topological polar surface area (TPSA) is 78.3 Å². The monoisotopic (exact) mass is 450 g/mol. The van der Waals surface area contributed by atoms with Crippen LogP contribution in [0.3, 0.4) is 0 Å². The Bertz CT molecular complexity index is 1230. The first-order chi connectivity index (χ1) is 15.3. The highest BCUT2D eigenvalue weighted by atomic mass is 32.1. The highest BCUT2D eigenvalue weighted by Gasteiger charge is 2.42. The maximum atomic E-state index is 13.3. The van der Waals surface area contributed by atoms with Crippen LogP contribution in [0.5, 0.6) is 11.5 Å². The van der Waals surface area contributed by atoms with Gasteiger partial charge in [-0.1, -0.05) is 13.8 Å². The average molecular weight is 451 g/mol. The summed E-state index contributed by atoms with van der Waals surface area (Å²) >= 11 is 1.65. The van der Waals surface area contributed by atoms with E-state index in [4.69, 9.17) is 19.6 Å². The molecule has 0 fully saturated rings. The Morgan fingerprint density at radius 3 is 2.50 bits per heavy atom. The van der Waals surface area contributed by atoms with Gasteiger partial charge >= 0.3 is 0 Å². The van der Waals surface area contributed by atoms with Crippen LogP contribution in [-0.2, 0) is 4.79 Å². The molecule has 3 aromatic rings. The summed E-state index contributed by atoms with van der Waals surface area (Å²) in [6, 6.07) is 7.40. The number of benzene rings is 1. The van der Waals surface area contributed by atoms with Crippen LogP contribution in [0.1, 0.15) is 43.2 Å². The van der Waals surface area contributed by atoms with Gasteiger partial charge in [0.1, 0.15) is 17.5 Å². The number of fused-ring (bicyclic) bond motifs is 1. The molecule has 2 aromatic heterocycles. The van der Waals surface area contributed by atoms with Gasteiger partial charge in [0.2, 0.25) is 5.95 Å². The summed E-state index contributed by atoms with van der Waals surface area (Å²) in [5.74, 6) is 2.70. The van der Waals surface area contributed by atoms with E-state index in [9.17, 15) is 4.79 Å². The fraction of sp³-hybridized carbons (Fsp3) is 0.375. The molecule has 1 unspecified atom stereocenters. The number of aromatic nitrogens is 3. The molecule has 0 bridgehead atoms. The maximum Gasteiger partial charge on any atom is 0.226 e. The largest absolute Gasteiger partial charge is 0.497 e. The van der Waals surface area contributed by atoms with Crippen molar-refractivity contribution in [3.63, 3.8) is 0 Å². The second kappa shape index (κ2) is 7.48. The Morgan fingerprint density at radius 1 is 1.16 bits per heavy atom. The number of ether oxygens (including phenoxy) is 2. The number of allylic oxidation sites excluding steroid dienone is 2. The molecule has 0 saturated heterocycles. The number of hydrogen-bond acceptors (Lipinski definition) is 7. The number of aryl methyl sites for hydroxylation is 1. The van der Waals surface area contributed by atoms with Gasteiger partial charge in [0.25, 0.3) is 0 Å². The number of nitrogens with zero attached hydrogens (tertiary/aromatic N) is 3. The summed E-state index contributed by atoms with van der Waals surface area (Å²) in [5, 5.41) is 10.4. The van der Waals surface area contributed by atoms with Crippen molar-refractivity contribution in [3.05, 3.63) is 51.4 Å². The van der Waals surface area contributed by atoms with Gasteiger partial charge in [-0.25, -0.2) is 4.68 Å². The minimum absolute atomic E-state index is 0.0941. The van der Waals surface area contributed by atoms with Gasteiger partial charge in [0.05, 0.1) is 14.2 Å². The van der Waals surface area contributed by atoms with Crippen molar-refractivity contribution in [1.82, 2.24) is 14.8 Å². The number of carbonyl (C=O) groups is 1. The number of hydrogen-bond donors (Lipinski definition) is 1. The molecular weight excluding hydrogens is 424 g/mol. The van der Waals surface area contributed by atoms with Crippen LogP contribution in [0.4, 0.5) is 5.95 Å². The summed E-state index contributed by atoms with van der Waals surface area (Å²) in [4.78, 5) is 19.3. The molecule has 3 heterocycles. The molecule has 1 atom stereocenters. The zero-order valence-electron chi connectivity index (χ0n) is 18.9. The van der Waals surface area contributed by atoms with E-state index in [2.05, 4.69) is 37.5 Å². The zero-order chi connectivity index (χ0) is 22.6. The fourth-order valence-electron chi connectivity index (χ4n) is 4.57. The molecule has 8 heteroatoms. The summed E-state index contributed by atoms with van der Waals surface area (Å²) < 4.78 is 12.7. The SMILES string of the molecule is COc1cc(OC)cc(-c2nc3n(n2)C(c2sccc2C)C2=C(CC(C)(C)CC2=O)N3)c1. The minimum Gasteiger partial charge on any atom is -0.497 e. The lowest BCUT2D eigenvalue weighted by molar-refractivity contribution is -0.118. The quantitative estimate of drug-likeness (QED) is 0.603. The van der Waals surface area contributed by atoms with Crippen molar-refractivity contribution < 1.29 is 14.3 Å². The smallest absolute Gasteiger partial charge is 0.226 e. The standard InChI is InChI=1S/C24H26N4O3S/c1-13-6-7-32-21(13)20-19-17(11-24(2,3)12-18(19)29)25-23-26-22(27-28(20)23)14-8-15(30-4)10-16(9-14)31-5/h6-10,20H,11-12H2,1-5H3,(H,25,26,27). The minimum atomic E-state index is -0.279. The molecule has 0 spiro atoms. The van der Waals surface area contributed by atoms with Crippen LogP contribution < -0.4 is 14.8 Å². The average Bonchev–Trinajstić information content (AvgIpc) is 3.36. The van der Waals surface area contributed by atoms with E-state index >= 15 is 0 Å². The van der Waals surface area contributed by atoms with E-state index in [1.165, 1.54) is 0 Å². The molecular formula is C24H26N4O3S. The number of ketones is 1. The Hall–Kier alpha value is -3.13. The number of nitrogens with one attached hydrogen (secondary N) is 1. The molecule has 0 radical (unpaired) electrons. The summed E-state index contributed by atoms with van der Waals surface area (Å²) in [5.41, 5.74) is 3.61. The van der Waals surface area contributed by atoms with Crippen molar-refractivity contribution in [2.45, 2.75) is 39.7 Å². The molecule has 1 N–H and O–H groups in total. The van der Waals surface area contributed by atoms with E-state index in [1.54, 1.807) is 25.6 Å². The van der Waals surface area contributed by atoms with Crippen molar-refractivity contribution in [2.24, 2.45) is 5.41 Å². The van der Waals surface area contributed by atoms with Gasteiger partial charge in [-0.15, -0.1) is 16.4 Å². The van der Waals surface area contributed by atoms with E-state index in [0.29, 0.717) is 29.7 Å². The Kier molecular flexibility index (Phi) is 4.85. The number of methoxy groups -OCH3 is 2. The molecule has 0 saturated carbocycles. The lowest BCUT2D eigenvalue weighted by Gasteiger charge is -2.38. The third-order valence-corrected chi connectivity index (χ3v) is 7.16. The molecule has 1 aromatic carbocycles. The van der Waals surface area contributed by atoms with E-state index in [0.717, 1.165) is 33.7 Å². The molecule has 0 amide bonds. The van der Waals surface area contributed by atoms with Gasteiger partial charge in [-0.05, 0) is 47.9 Å². The molecule has 32 heavy (non-hydrogen) atoms. The van der Waals surface area contributed by atoms with Crippen molar-refractivity contribution in [1.29, 1.82) is 0 Å². The van der Waals surface area contributed by atoms with Crippen molar-refractivity contribution >= 4 is 23.1 Å². The number of thiophene rings is 1. The Morgan fingerprint density at radius 2 is 1.88 bits per heavy atom. The van der Waals surface area contributed by atoms with Gasteiger partial charge in [0, 0.05) is 34.2 Å². The maximum absolute atomic E-state index is 13.3. The molecule has 1 aliphatic carbocycles. The Labute approximate surface area is 191 Å². The van der Waals surface area contributed by atoms with Crippen LogP contribution in [0.25, 0.3) is 11.4 Å². The highest BCUT2D eigenvalue weighted by Crippen LogP contribution is 2.47. The predicted octanol–water partition coefficient (Wildman–Crippen LogP) is 4.99. The first-order valence-electron chi connectivity index (χ1n) is 10.6. The predicted molar refractivity (Wildman–Crippen MR) is 124 cm³/mol. The van der Waals surface area contributed by atoms with E-state index < -0.39 is 0 Å². The van der Waals surface area contributed by atoms with Crippen LogP contribution >= 0.6 is 11.3 Å².